The highest BCUT2D eigenvalue weighted by atomic mass is 32.2. The molecule has 0 spiro atoms. The molecule has 0 aromatic carbocycles. The van der Waals surface area contributed by atoms with E-state index in [-0.39, 0.29) is 12.0 Å². The van der Waals surface area contributed by atoms with Crippen molar-refractivity contribution >= 4 is 11.8 Å². The average molecular weight is 200 g/mol. The van der Waals surface area contributed by atoms with E-state index in [9.17, 15) is 0 Å². The van der Waals surface area contributed by atoms with Gasteiger partial charge in [-0.2, -0.15) is 0 Å². The fourth-order valence-electron chi connectivity index (χ4n) is 0.684. The monoisotopic (exact) mass is 200 g/mol. The standard InChI is InChI=1S/C11H20OS/c1-10(13-9-5-8-12)6-7-11(2,3)4/h10,12H,5,8-9H2,1-4H3. The van der Waals surface area contributed by atoms with E-state index in [4.69, 9.17) is 5.11 Å². The average Bonchev–Trinajstić information content (AvgIpc) is 2.00. The molecule has 2 heteroatoms. The van der Waals surface area contributed by atoms with Gasteiger partial charge in [-0.05, 0) is 39.9 Å². The molecule has 76 valence electrons. The van der Waals surface area contributed by atoms with Crippen molar-refractivity contribution in [3.63, 3.8) is 0 Å². The third-order valence-corrected chi connectivity index (χ3v) is 2.46. The van der Waals surface area contributed by atoms with Crippen LogP contribution in [0.2, 0.25) is 0 Å². The first-order valence-electron chi connectivity index (χ1n) is 4.71. The van der Waals surface area contributed by atoms with Crippen LogP contribution in [0.5, 0.6) is 0 Å². The lowest BCUT2D eigenvalue weighted by atomic mass is 9.98. The van der Waals surface area contributed by atoms with Crippen molar-refractivity contribution in [1.82, 2.24) is 0 Å². The maximum atomic E-state index is 8.59. The molecule has 0 aliphatic carbocycles. The van der Waals surface area contributed by atoms with Gasteiger partial charge in [0.25, 0.3) is 0 Å². The van der Waals surface area contributed by atoms with Gasteiger partial charge in [-0.3, -0.25) is 0 Å². The van der Waals surface area contributed by atoms with Gasteiger partial charge in [0.15, 0.2) is 0 Å². The predicted molar refractivity (Wildman–Crippen MR) is 60.9 cm³/mol. The number of hydrogen-bond donors (Lipinski definition) is 1. The minimum atomic E-state index is 0.103. The Labute approximate surface area is 86.3 Å². The zero-order chi connectivity index (χ0) is 10.3. The molecule has 0 aliphatic rings. The zero-order valence-electron chi connectivity index (χ0n) is 9.05. The molecule has 1 atom stereocenters. The molecule has 1 nitrogen and oxygen atoms in total. The van der Waals surface area contributed by atoms with Gasteiger partial charge in [-0.15, -0.1) is 11.8 Å². The van der Waals surface area contributed by atoms with Crippen LogP contribution < -0.4 is 0 Å². The molecule has 1 unspecified atom stereocenters. The molecule has 0 saturated heterocycles. The van der Waals surface area contributed by atoms with Crippen molar-refractivity contribution in [2.75, 3.05) is 12.4 Å². The molecular formula is C11H20OS. The molecule has 0 rings (SSSR count). The van der Waals surface area contributed by atoms with Crippen LogP contribution in [-0.4, -0.2) is 22.7 Å². The first-order chi connectivity index (χ1) is 5.95. The minimum Gasteiger partial charge on any atom is -0.396 e. The predicted octanol–water partition coefficient (Wildman–Crippen LogP) is 2.54. The molecule has 0 saturated carbocycles. The summed E-state index contributed by atoms with van der Waals surface area (Å²) in [6, 6.07) is 0. The smallest absolute Gasteiger partial charge is 0.0629 e. The molecule has 0 aromatic heterocycles. The van der Waals surface area contributed by atoms with Gasteiger partial charge in [-0.1, -0.05) is 11.8 Å². The van der Waals surface area contributed by atoms with E-state index in [1.165, 1.54) is 0 Å². The van der Waals surface area contributed by atoms with E-state index in [1.54, 1.807) is 0 Å². The number of hydrogen-bond acceptors (Lipinski definition) is 2. The Morgan fingerprint density at radius 1 is 1.38 bits per heavy atom. The van der Waals surface area contributed by atoms with E-state index in [2.05, 4.69) is 39.5 Å². The highest BCUT2D eigenvalue weighted by Gasteiger charge is 2.04. The zero-order valence-corrected chi connectivity index (χ0v) is 9.87. The van der Waals surface area contributed by atoms with Gasteiger partial charge in [-0.25, -0.2) is 0 Å². The molecule has 0 heterocycles. The first kappa shape index (κ1) is 12.9. The summed E-state index contributed by atoms with van der Waals surface area (Å²) in [5.41, 5.74) is 0.103. The van der Waals surface area contributed by atoms with Gasteiger partial charge in [0.1, 0.15) is 0 Å². The van der Waals surface area contributed by atoms with Gasteiger partial charge in [0.2, 0.25) is 0 Å². The number of aliphatic hydroxyl groups is 1. The maximum absolute atomic E-state index is 8.59. The molecule has 0 fully saturated rings. The van der Waals surface area contributed by atoms with E-state index in [0.717, 1.165) is 12.2 Å². The summed E-state index contributed by atoms with van der Waals surface area (Å²) in [5.74, 6) is 7.42. The van der Waals surface area contributed by atoms with Gasteiger partial charge in [0, 0.05) is 12.0 Å². The molecule has 0 amide bonds. The number of rotatable bonds is 4. The van der Waals surface area contributed by atoms with Crippen molar-refractivity contribution in [3.05, 3.63) is 0 Å². The van der Waals surface area contributed by atoms with Crippen molar-refractivity contribution < 1.29 is 5.11 Å². The Morgan fingerprint density at radius 2 is 2.00 bits per heavy atom. The molecule has 0 aliphatic heterocycles. The lowest BCUT2D eigenvalue weighted by Gasteiger charge is -2.08. The third kappa shape index (κ3) is 9.79. The SMILES string of the molecule is CC(C#CC(C)(C)C)SCCCO. The molecule has 13 heavy (non-hydrogen) atoms. The lowest BCUT2D eigenvalue weighted by Crippen LogP contribution is -2.02. The largest absolute Gasteiger partial charge is 0.396 e. The quantitative estimate of drug-likeness (QED) is 0.556. The van der Waals surface area contributed by atoms with Crippen LogP contribution in [0.15, 0.2) is 0 Å². The Kier molecular flexibility index (Phi) is 6.28. The van der Waals surface area contributed by atoms with Crippen LogP contribution in [0, 0.1) is 17.3 Å². The summed E-state index contributed by atoms with van der Waals surface area (Å²) in [6.45, 7) is 8.74. The van der Waals surface area contributed by atoms with E-state index < -0.39 is 0 Å². The fourth-order valence-corrected chi connectivity index (χ4v) is 1.48. The van der Waals surface area contributed by atoms with Crippen molar-refractivity contribution in [1.29, 1.82) is 0 Å². The topological polar surface area (TPSA) is 20.2 Å². The van der Waals surface area contributed by atoms with Gasteiger partial charge < -0.3 is 5.11 Å². The summed E-state index contributed by atoms with van der Waals surface area (Å²) in [6.07, 6.45) is 0.867. The fraction of sp³-hybridized carbons (Fsp3) is 0.818. The van der Waals surface area contributed by atoms with Gasteiger partial charge >= 0.3 is 0 Å². The second kappa shape index (κ2) is 6.34. The maximum Gasteiger partial charge on any atom is 0.0629 e. The number of aliphatic hydroxyl groups excluding tert-OH is 1. The van der Waals surface area contributed by atoms with Crippen LogP contribution in [0.1, 0.15) is 34.1 Å². The summed E-state index contributed by atoms with van der Waals surface area (Å²) < 4.78 is 0. The highest BCUT2D eigenvalue weighted by Crippen LogP contribution is 2.14. The van der Waals surface area contributed by atoms with E-state index in [1.807, 2.05) is 11.8 Å². The van der Waals surface area contributed by atoms with Crippen LogP contribution >= 0.6 is 11.8 Å². The summed E-state index contributed by atoms with van der Waals surface area (Å²) in [7, 11) is 0. The lowest BCUT2D eigenvalue weighted by molar-refractivity contribution is 0.296. The number of thioether (sulfide) groups is 1. The van der Waals surface area contributed by atoms with Crippen LogP contribution in [-0.2, 0) is 0 Å². The normalized spacial score (nSPS) is 13.3. The molecule has 0 radical (unpaired) electrons. The van der Waals surface area contributed by atoms with E-state index >= 15 is 0 Å². The second-order valence-corrected chi connectivity index (χ2v) is 5.56. The highest BCUT2D eigenvalue weighted by molar-refractivity contribution is 8.00. The second-order valence-electron chi connectivity index (χ2n) is 4.11. The van der Waals surface area contributed by atoms with E-state index in [0.29, 0.717) is 5.25 Å². The Hall–Kier alpha value is -0.130. The Bertz CT molecular complexity index is 182. The molecular weight excluding hydrogens is 180 g/mol. The van der Waals surface area contributed by atoms with Crippen LogP contribution in [0.4, 0.5) is 0 Å². The van der Waals surface area contributed by atoms with Crippen molar-refractivity contribution in [2.45, 2.75) is 39.4 Å². The summed E-state index contributed by atoms with van der Waals surface area (Å²) in [4.78, 5) is 0. The van der Waals surface area contributed by atoms with Gasteiger partial charge in [0.05, 0.1) is 5.25 Å². The third-order valence-electron chi connectivity index (χ3n) is 1.32. The Balaban J connectivity index is 3.71. The molecule has 0 aromatic rings. The molecule has 1 N–H and O–H groups in total. The van der Waals surface area contributed by atoms with Crippen molar-refractivity contribution in [3.8, 4) is 11.8 Å². The minimum absolute atomic E-state index is 0.103. The van der Waals surface area contributed by atoms with Crippen molar-refractivity contribution in [2.24, 2.45) is 5.41 Å². The first-order valence-corrected chi connectivity index (χ1v) is 5.76. The summed E-state index contributed by atoms with van der Waals surface area (Å²) >= 11 is 1.81. The van der Waals surface area contributed by atoms with Crippen LogP contribution in [0.3, 0.4) is 0 Å². The molecule has 0 bridgehead atoms. The van der Waals surface area contributed by atoms with Crippen LogP contribution in [0.25, 0.3) is 0 Å². The Morgan fingerprint density at radius 3 is 2.46 bits per heavy atom. The summed E-state index contributed by atoms with van der Waals surface area (Å²) in [5, 5.41) is 8.97.